The van der Waals surface area contributed by atoms with E-state index >= 15 is 0 Å². The van der Waals surface area contributed by atoms with Crippen LogP contribution in [0.15, 0.2) is 84.9 Å². The molecule has 0 saturated heterocycles. The number of hydrogen-bond acceptors (Lipinski definition) is 2. The molecule has 0 saturated carbocycles. The number of fused-ring (bicyclic) bond motifs is 1. The minimum atomic E-state index is -0.313. The van der Waals surface area contributed by atoms with Gasteiger partial charge in [0.25, 0.3) is 11.8 Å². The highest BCUT2D eigenvalue weighted by Crippen LogP contribution is 2.34. The molecule has 1 aliphatic heterocycles. The van der Waals surface area contributed by atoms with Crippen molar-refractivity contribution in [3.63, 3.8) is 0 Å². The molecular weight excluding hydrogens is 408 g/mol. The van der Waals surface area contributed by atoms with Crippen molar-refractivity contribution < 1.29 is 9.59 Å². The van der Waals surface area contributed by atoms with Crippen molar-refractivity contribution >= 4 is 29.2 Å². The number of rotatable bonds is 3. The van der Waals surface area contributed by atoms with Crippen LogP contribution in [0, 0.1) is 20.8 Å². The maximum Gasteiger partial charge on any atom is 0.265 e. The molecule has 1 aromatic heterocycles. The summed E-state index contributed by atoms with van der Waals surface area (Å²) in [6, 6.07) is 27.0. The van der Waals surface area contributed by atoms with Crippen LogP contribution in [-0.2, 0) is 4.79 Å². The molecule has 4 heteroatoms. The standard InChI is InChI=1S/C29H24N2O2/c1-19-13-15-24(16-14-19)31-28(32)26-12-8-7-11-25(26)27(29(31)33)18-22-17-20(2)30(21(22)3)23-9-5-4-6-10-23/h4-18H,1-3H3/b27-18-. The van der Waals surface area contributed by atoms with Crippen molar-refractivity contribution in [1.29, 1.82) is 0 Å². The molecule has 0 atom stereocenters. The third kappa shape index (κ3) is 3.50. The molecule has 162 valence electrons. The van der Waals surface area contributed by atoms with E-state index in [1.54, 1.807) is 6.07 Å². The number of hydrogen-bond donors (Lipinski definition) is 0. The number of imide groups is 1. The van der Waals surface area contributed by atoms with Crippen molar-refractivity contribution in [2.24, 2.45) is 0 Å². The van der Waals surface area contributed by atoms with Gasteiger partial charge < -0.3 is 4.57 Å². The van der Waals surface area contributed by atoms with Gasteiger partial charge in [-0.05, 0) is 74.4 Å². The second-order valence-electron chi connectivity index (χ2n) is 8.38. The van der Waals surface area contributed by atoms with Crippen molar-refractivity contribution in [2.75, 3.05) is 4.90 Å². The van der Waals surface area contributed by atoms with Crippen molar-refractivity contribution in [2.45, 2.75) is 20.8 Å². The highest BCUT2D eigenvalue weighted by Gasteiger charge is 2.35. The summed E-state index contributed by atoms with van der Waals surface area (Å²) in [5, 5.41) is 0. The maximum atomic E-state index is 13.7. The Morgan fingerprint density at radius 3 is 2.00 bits per heavy atom. The van der Waals surface area contributed by atoms with Crippen LogP contribution >= 0.6 is 0 Å². The highest BCUT2D eigenvalue weighted by molar-refractivity contribution is 6.43. The summed E-state index contributed by atoms with van der Waals surface area (Å²) in [5.74, 6) is -0.613. The van der Waals surface area contributed by atoms with E-state index in [0.717, 1.165) is 28.2 Å². The van der Waals surface area contributed by atoms with Crippen LogP contribution in [-0.4, -0.2) is 16.4 Å². The minimum absolute atomic E-state index is 0.300. The van der Waals surface area contributed by atoms with Gasteiger partial charge in [-0.2, -0.15) is 0 Å². The van der Waals surface area contributed by atoms with Crippen LogP contribution in [0.5, 0.6) is 0 Å². The summed E-state index contributed by atoms with van der Waals surface area (Å²) >= 11 is 0. The van der Waals surface area contributed by atoms with Crippen LogP contribution < -0.4 is 4.90 Å². The second kappa shape index (κ2) is 8.06. The molecule has 5 rings (SSSR count). The van der Waals surface area contributed by atoms with Gasteiger partial charge in [0.1, 0.15) is 0 Å². The van der Waals surface area contributed by atoms with E-state index in [9.17, 15) is 9.59 Å². The third-order valence-corrected chi connectivity index (χ3v) is 6.16. The van der Waals surface area contributed by atoms with Gasteiger partial charge >= 0.3 is 0 Å². The van der Waals surface area contributed by atoms with Gasteiger partial charge in [0.15, 0.2) is 0 Å². The lowest BCUT2D eigenvalue weighted by atomic mass is 9.91. The average molecular weight is 433 g/mol. The third-order valence-electron chi connectivity index (χ3n) is 6.16. The number of carbonyl (C=O) groups excluding carboxylic acids is 2. The molecular formula is C29H24N2O2. The SMILES string of the molecule is Cc1ccc(N2C(=O)/C(=C\c3cc(C)n(-c4ccccc4)c3C)c3ccccc3C2=O)cc1. The van der Waals surface area contributed by atoms with E-state index < -0.39 is 0 Å². The quantitative estimate of drug-likeness (QED) is 0.289. The van der Waals surface area contributed by atoms with Crippen LogP contribution in [0.1, 0.15) is 38.4 Å². The molecule has 33 heavy (non-hydrogen) atoms. The normalized spacial score (nSPS) is 14.6. The number of para-hydroxylation sites is 1. The lowest BCUT2D eigenvalue weighted by molar-refractivity contribution is -0.112. The number of aromatic nitrogens is 1. The van der Waals surface area contributed by atoms with Crippen LogP contribution in [0.4, 0.5) is 5.69 Å². The lowest BCUT2D eigenvalue weighted by Gasteiger charge is -2.28. The van der Waals surface area contributed by atoms with Crippen molar-refractivity contribution in [1.82, 2.24) is 4.57 Å². The van der Waals surface area contributed by atoms with Crippen LogP contribution in [0.2, 0.25) is 0 Å². The molecule has 0 unspecified atom stereocenters. The smallest absolute Gasteiger partial charge is 0.265 e. The van der Waals surface area contributed by atoms with E-state index in [1.807, 2.05) is 73.7 Å². The van der Waals surface area contributed by atoms with Crippen molar-refractivity contribution in [3.8, 4) is 5.69 Å². The number of nitrogens with zero attached hydrogens (tertiary/aromatic N) is 2. The Labute approximate surface area is 193 Å². The molecule has 0 N–H and O–H groups in total. The zero-order valence-corrected chi connectivity index (χ0v) is 18.9. The Kier molecular flexibility index (Phi) is 5.06. The van der Waals surface area contributed by atoms with Crippen LogP contribution in [0.3, 0.4) is 0 Å². The zero-order valence-electron chi connectivity index (χ0n) is 18.9. The Balaban J connectivity index is 1.67. The molecule has 0 fully saturated rings. The molecule has 4 nitrogen and oxygen atoms in total. The monoisotopic (exact) mass is 432 g/mol. The molecule has 1 aliphatic rings. The summed E-state index contributed by atoms with van der Waals surface area (Å²) in [7, 11) is 0. The fourth-order valence-electron chi connectivity index (χ4n) is 4.48. The molecule has 4 aromatic rings. The summed E-state index contributed by atoms with van der Waals surface area (Å²) in [6.07, 6.45) is 1.91. The molecule has 2 amide bonds. The first-order valence-electron chi connectivity index (χ1n) is 11.0. The van der Waals surface area contributed by atoms with E-state index in [4.69, 9.17) is 0 Å². The predicted octanol–water partition coefficient (Wildman–Crippen LogP) is 6.13. The van der Waals surface area contributed by atoms with E-state index in [2.05, 4.69) is 36.6 Å². The Morgan fingerprint density at radius 2 is 1.30 bits per heavy atom. The zero-order chi connectivity index (χ0) is 23.1. The first kappa shape index (κ1) is 20.7. The van der Waals surface area contributed by atoms with Crippen LogP contribution in [0.25, 0.3) is 17.3 Å². The van der Waals surface area contributed by atoms with Gasteiger partial charge in [-0.1, -0.05) is 54.1 Å². The Hall–Kier alpha value is -4.18. The molecule has 0 bridgehead atoms. The van der Waals surface area contributed by atoms with Gasteiger partial charge in [-0.3, -0.25) is 9.59 Å². The fourth-order valence-corrected chi connectivity index (χ4v) is 4.48. The second-order valence-corrected chi connectivity index (χ2v) is 8.38. The maximum absolute atomic E-state index is 13.7. The fraction of sp³-hybridized carbons (Fsp3) is 0.103. The highest BCUT2D eigenvalue weighted by atomic mass is 16.2. The molecule has 3 aromatic carbocycles. The largest absolute Gasteiger partial charge is 0.318 e. The van der Waals surface area contributed by atoms with E-state index in [0.29, 0.717) is 22.4 Å². The molecule has 0 spiro atoms. The Bertz CT molecular complexity index is 1410. The number of carbonyl (C=O) groups is 2. The minimum Gasteiger partial charge on any atom is -0.318 e. The van der Waals surface area contributed by atoms with Gasteiger partial charge in [0.2, 0.25) is 0 Å². The topological polar surface area (TPSA) is 42.3 Å². The summed E-state index contributed by atoms with van der Waals surface area (Å²) in [5.41, 5.74) is 7.49. The number of anilines is 1. The number of benzene rings is 3. The van der Waals surface area contributed by atoms with Gasteiger partial charge in [-0.25, -0.2) is 4.90 Å². The summed E-state index contributed by atoms with van der Waals surface area (Å²) in [6.45, 7) is 6.09. The number of aryl methyl sites for hydroxylation is 2. The van der Waals surface area contributed by atoms with E-state index in [1.165, 1.54) is 4.90 Å². The number of amides is 2. The van der Waals surface area contributed by atoms with Gasteiger partial charge in [0, 0.05) is 28.2 Å². The first-order chi connectivity index (χ1) is 16.0. The summed E-state index contributed by atoms with van der Waals surface area (Å²) < 4.78 is 2.18. The first-order valence-corrected chi connectivity index (χ1v) is 11.0. The average Bonchev–Trinajstić information content (AvgIpc) is 3.11. The lowest BCUT2D eigenvalue weighted by Crippen LogP contribution is -2.41. The summed E-state index contributed by atoms with van der Waals surface area (Å²) in [4.78, 5) is 28.3. The molecule has 0 aliphatic carbocycles. The van der Waals surface area contributed by atoms with Crippen molar-refractivity contribution in [3.05, 3.63) is 119 Å². The Morgan fingerprint density at radius 1 is 0.667 bits per heavy atom. The molecule has 2 heterocycles. The van der Waals surface area contributed by atoms with Gasteiger partial charge in [-0.15, -0.1) is 0 Å². The van der Waals surface area contributed by atoms with Gasteiger partial charge in [0.05, 0.1) is 5.69 Å². The molecule has 0 radical (unpaired) electrons. The predicted molar refractivity (Wildman–Crippen MR) is 133 cm³/mol. The van der Waals surface area contributed by atoms with E-state index in [-0.39, 0.29) is 11.8 Å².